The van der Waals surface area contributed by atoms with Gasteiger partial charge < -0.3 is 10.2 Å². The van der Waals surface area contributed by atoms with Gasteiger partial charge >= 0.3 is 0 Å². The Morgan fingerprint density at radius 2 is 1.68 bits per heavy atom. The van der Waals surface area contributed by atoms with Crippen LogP contribution < -0.4 is 5.32 Å². The third-order valence-electron chi connectivity index (χ3n) is 5.21. The van der Waals surface area contributed by atoms with Gasteiger partial charge in [0.1, 0.15) is 0 Å². The van der Waals surface area contributed by atoms with E-state index in [2.05, 4.69) is 24.2 Å². The van der Waals surface area contributed by atoms with Gasteiger partial charge in [-0.3, -0.25) is 0 Å². The topological polar surface area (TPSA) is 15.3 Å². The quantitative estimate of drug-likeness (QED) is 0.638. The predicted octanol–water partition coefficient (Wildman–Crippen LogP) is 3.81. The van der Waals surface area contributed by atoms with Gasteiger partial charge in [0.15, 0.2) is 0 Å². The molecule has 0 bridgehead atoms. The molecule has 2 fully saturated rings. The Labute approximate surface area is 120 Å². The molecule has 0 unspecified atom stereocenters. The summed E-state index contributed by atoms with van der Waals surface area (Å²) in [4.78, 5) is 2.64. The van der Waals surface area contributed by atoms with Gasteiger partial charge in [-0.2, -0.15) is 0 Å². The highest BCUT2D eigenvalue weighted by atomic mass is 15.1. The van der Waals surface area contributed by atoms with E-state index in [-0.39, 0.29) is 0 Å². The van der Waals surface area contributed by atoms with Gasteiger partial charge in [-0.05, 0) is 77.4 Å². The van der Waals surface area contributed by atoms with E-state index in [9.17, 15) is 0 Å². The minimum absolute atomic E-state index is 0.882. The maximum Gasteiger partial charge on any atom is 0.00924 e. The Balaban J connectivity index is 1.45. The van der Waals surface area contributed by atoms with Crippen LogP contribution in [0, 0.1) is 5.92 Å². The standard InChI is InChI=1S/C17H34N2/c1-3-15-7-11-17(12-8-15)19(2)14-6-4-5-13-18-16-9-10-16/h15-18H,3-14H2,1-2H3. The van der Waals surface area contributed by atoms with Crippen molar-refractivity contribution < 1.29 is 0 Å². The highest BCUT2D eigenvalue weighted by molar-refractivity contribution is 4.80. The molecule has 2 nitrogen and oxygen atoms in total. The number of hydrogen-bond donors (Lipinski definition) is 1. The fourth-order valence-electron chi connectivity index (χ4n) is 3.43. The summed E-state index contributed by atoms with van der Waals surface area (Å²) in [6, 6.07) is 1.77. The first-order chi connectivity index (χ1) is 9.29. The van der Waals surface area contributed by atoms with Crippen molar-refractivity contribution in [2.45, 2.75) is 83.2 Å². The number of nitrogens with zero attached hydrogens (tertiary/aromatic N) is 1. The van der Waals surface area contributed by atoms with Gasteiger partial charge in [-0.25, -0.2) is 0 Å². The zero-order valence-electron chi connectivity index (χ0n) is 13.2. The molecule has 2 aliphatic rings. The van der Waals surface area contributed by atoms with Crippen LogP contribution in [0.15, 0.2) is 0 Å². The molecule has 1 N–H and O–H groups in total. The van der Waals surface area contributed by atoms with Crippen LogP contribution in [-0.2, 0) is 0 Å². The summed E-state index contributed by atoms with van der Waals surface area (Å²) in [7, 11) is 2.35. The summed E-state index contributed by atoms with van der Waals surface area (Å²) in [6.45, 7) is 4.91. The molecule has 0 saturated heterocycles. The van der Waals surface area contributed by atoms with Gasteiger partial charge in [0.05, 0.1) is 0 Å². The van der Waals surface area contributed by atoms with Gasteiger partial charge in [0.25, 0.3) is 0 Å². The lowest BCUT2D eigenvalue weighted by molar-refractivity contribution is 0.161. The van der Waals surface area contributed by atoms with Crippen LogP contribution in [0.4, 0.5) is 0 Å². The number of rotatable bonds is 9. The molecule has 2 saturated carbocycles. The van der Waals surface area contributed by atoms with Crippen molar-refractivity contribution in [1.82, 2.24) is 10.2 Å². The second-order valence-electron chi connectivity index (χ2n) is 6.85. The Hall–Kier alpha value is -0.0800. The molecule has 0 aromatic rings. The average Bonchev–Trinajstić information content (AvgIpc) is 3.26. The second kappa shape index (κ2) is 8.26. The normalized spacial score (nSPS) is 27.9. The minimum atomic E-state index is 0.882. The maximum absolute atomic E-state index is 3.61. The fraction of sp³-hybridized carbons (Fsp3) is 1.00. The lowest BCUT2D eigenvalue weighted by Crippen LogP contribution is -2.35. The van der Waals surface area contributed by atoms with E-state index in [0.717, 1.165) is 18.0 Å². The van der Waals surface area contributed by atoms with Crippen LogP contribution >= 0.6 is 0 Å². The molecule has 2 rings (SSSR count). The summed E-state index contributed by atoms with van der Waals surface area (Å²) in [5.74, 6) is 1.03. The van der Waals surface area contributed by atoms with Crippen molar-refractivity contribution in [1.29, 1.82) is 0 Å². The Morgan fingerprint density at radius 3 is 2.32 bits per heavy atom. The molecule has 19 heavy (non-hydrogen) atoms. The van der Waals surface area contributed by atoms with Gasteiger partial charge in [0.2, 0.25) is 0 Å². The van der Waals surface area contributed by atoms with Gasteiger partial charge in [-0.1, -0.05) is 19.8 Å². The molecule has 0 aromatic heterocycles. The highest BCUT2D eigenvalue weighted by Crippen LogP contribution is 2.29. The third-order valence-corrected chi connectivity index (χ3v) is 5.21. The van der Waals surface area contributed by atoms with Crippen LogP contribution in [0.1, 0.15) is 71.1 Å². The van der Waals surface area contributed by atoms with Crippen LogP contribution in [0.25, 0.3) is 0 Å². The van der Waals surface area contributed by atoms with E-state index in [1.54, 1.807) is 0 Å². The van der Waals surface area contributed by atoms with Gasteiger partial charge in [-0.15, -0.1) is 0 Å². The lowest BCUT2D eigenvalue weighted by Gasteiger charge is -2.34. The smallest absolute Gasteiger partial charge is 0.00924 e. The van der Waals surface area contributed by atoms with Crippen LogP contribution in [0.3, 0.4) is 0 Å². The molecule has 0 amide bonds. The predicted molar refractivity (Wildman–Crippen MR) is 83.5 cm³/mol. The van der Waals surface area contributed by atoms with E-state index in [0.29, 0.717) is 0 Å². The van der Waals surface area contributed by atoms with Crippen molar-refractivity contribution in [2.75, 3.05) is 20.1 Å². The summed E-state index contributed by atoms with van der Waals surface area (Å²) < 4.78 is 0. The first kappa shape index (κ1) is 15.3. The van der Waals surface area contributed by atoms with Crippen molar-refractivity contribution in [3.8, 4) is 0 Å². The molecular formula is C17H34N2. The number of unbranched alkanes of at least 4 members (excludes halogenated alkanes) is 2. The second-order valence-corrected chi connectivity index (χ2v) is 6.85. The van der Waals surface area contributed by atoms with E-state index >= 15 is 0 Å². The molecule has 0 aliphatic heterocycles. The fourth-order valence-corrected chi connectivity index (χ4v) is 3.43. The van der Waals surface area contributed by atoms with E-state index in [1.165, 1.54) is 77.3 Å². The average molecular weight is 266 g/mol. The molecule has 0 atom stereocenters. The lowest BCUT2D eigenvalue weighted by atomic mass is 9.84. The highest BCUT2D eigenvalue weighted by Gasteiger charge is 2.22. The first-order valence-electron chi connectivity index (χ1n) is 8.73. The summed E-state index contributed by atoms with van der Waals surface area (Å²) in [5.41, 5.74) is 0. The Kier molecular flexibility index (Phi) is 6.66. The molecule has 0 aromatic carbocycles. The zero-order chi connectivity index (χ0) is 13.5. The van der Waals surface area contributed by atoms with Gasteiger partial charge in [0, 0.05) is 12.1 Å². The van der Waals surface area contributed by atoms with E-state index in [4.69, 9.17) is 0 Å². The molecule has 0 radical (unpaired) electrons. The monoisotopic (exact) mass is 266 g/mol. The molecular weight excluding hydrogens is 232 g/mol. The van der Waals surface area contributed by atoms with Crippen molar-refractivity contribution in [2.24, 2.45) is 5.92 Å². The molecule has 112 valence electrons. The summed E-state index contributed by atoms with van der Waals surface area (Å²) in [6.07, 6.45) is 14.2. The minimum Gasteiger partial charge on any atom is -0.314 e. The van der Waals surface area contributed by atoms with Crippen molar-refractivity contribution in [3.05, 3.63) is 0 Å². The third kappa shape index (κ3) is 5.83. The Bertz CT molecular complexity index is 229. The number of hydrogen-bond acceptors (Lipinski definition) is 2. The molecule has 0 heterocycles. The van der Waals surface area contributed by atoms with Crippen molar-refractivity contribution in [3.63, 3.8) is 0 Å². The van der Waals surface area contributed by atoms with E-state index in [1.807, 2.05) is 0 Å². The Morgan fingerprint density at radius 1 is 0.947 bits per heavy atom. The van der Waals surface area contributed by atoms with Crippen LogP contribution in [0.2, 0.25) is 0 Å². The van der Waals surface area contributed by atoms with Crippen LogP contribution in [0.5, 0.6) is 0 Å². The summed E-state index contributed by atoms with van der Waals surface area (Å²) >= 11 is 0. The molecule has 2 heteroatoms. The zero-order valence-corrected chi connectivity index (χ0v) is 13.2. The largest absolute Gasteiger partial charge is 0.314 e. The molecule has 0 spiro atoms. The summed E-state index contributed by atoms with van der Waals surface area (Å²) in [5, 5.41) is 3.61. The van der Waals surface area contributed by atoms with Crippen molar-refractivity contribution >= 4 is 0 Å². The van der Waals surface area contributed by atoms with Crippen LogP contribution in [-0.4, -0.2) is 37.1 Å². The molecule has 2 aliphatic carbocycles. The number of nitrogens with one attached hydrogen (secondary N) is 1. The maximum atomic E-state index is 3.61. The van der Waals surface area contributed by atoms with E-state index < -0.39 is 0 Å². The first-order valence-corrected chi connectivity index (χ1v) is 8.73. The SMILES string of the molecule is CCC1CCC(N(C)CCCCCNC2CC2)CC1.